The maximum Gasteiger partial charge on any atom is 0.127 e. The molecule has 0 spiro atoms. The number of nitrogens with zero attached hydrogens (tertiary/aromatic N) is 1. The lowest BCUT2D eigenvalue weighted by atomic mass is 10.1. The van der Waals surface area contributed by atoms with Crippen LogP contribution in [0.15, 0.2) is 18.2 Å². The number of hydrogen-bond donors (Lipinski definition) is 1. The number of benzene rings is 1. The standard InChI is InChI=1S/C16H26N2O2/c1-4-18(12-14-6-5-9-17-14)11-13-7-8-15(19-2)10-16(13)20-3/h7-8,10,14,17H,4-6,9,11-12H2,1-3H3. The normalized spacial score (nSPS) is 18.5. The van der Waals surface area contributed by atoms with Gasteiger partial charge in [0.2, 0.25) is 0 Å². The van der Waals surface area contributed by atoms with Crippen molar-refractivity contribution in [2.75, 3.05) is 33.9 Å². The quantitative estimate of drug-likeness (QED) is 0.829. The van der Waals surface area contributed by atoms with Crippen LogP contribution in [-0.4, -0.2) is 44.8 Å². The number of methoxy groups -OCH3 is 2. The van der Waals surface area contributed by atoms with Crippen molar-refractivity contribution in [2.24, 2.45) is 0 Å². The van der Waals surface area contributed by atoms with E-state index in [2.05, 4.69) is 23.2 Å². The SMILES string of the molecule is CCN(Cc1ccc(OC)cc1OC)CC1CCCN1. The zero-order valence-corrected chi connectivity index (χ0v) is 12.8. The number of hydrogen-bond acceptors (Lipinski definition) is 4. The van der Waals surface area contributed by atoms with E-state index in [1.54, 1.807) is 14.2 Å². The van der Waals surface area contributed by atoms with Crippen LogP contribution in [-0.2, 0) is 6.54 Å². The Kier molecular flexibility index (Phi) is 5.68. The van der Waals surface area contributed by atoms with Crippen molar-refractivity contribution in [2.45, 2.75) is 32.4 Å². The molecule has 0 amide bonds. The smallest absolute Gasteiger partial charge is 0.127 e. The molecule has 0 saturated carbocycles. The van der Waals surface area contributed by atoms with Gasteiger partial charge in [-0.2, -0.15) is 0 Å². The first-order valence-electron chi connectivity index (χ1n) is 7.43. The Hall–Kier alpha value is -1.26. The van der Waals surface area contributed by atoms with E-state index >= 15 is 0 Å². The molecule has 112 valence electrons. The molecule has 1 aliphatic rings. The molecule has 4 heteroatoms. The highest BCUT2D eigenvalue weighted by Crippen LogP contribution is 2.26. The van der Waals surface area contributed by atoms with Gasteiger partial charge in [-0.1, -0.05) is 13.0 Å². The van der Waals surface area contributed by atoms with Crippen LogP contribution in [0.25, 0.3) is 0 Å². The Morgan fingerprint density at radius 1 is 1.30 bits per heavy atom. The monoisotopic (exact) mass is 278 g/mol. The van der Waals surface area contributed by atoms with E-state index in [9.17, 15) is 0 Å². The Labute approximate surface area is 122 Å². The fraction of sp³-hybridized carbons (Fsp3) is 0.625. The third kappa shape index (κ3) is 3.87. The molecule has 1 fully saturated rings. The summed E-state index contributed by atoms with van der Waals surface area (Å²) in [4.78, 5) is 2.47. The van der Waals surface area contributed by atoms with Crippen LogP contribution in [0.1, 0.15) is 25.3 Å². The van der Waals surface area contributed by atoms with Crippen molar-refractivity contribution < 1.29 is 9.47 Å². The Morgan fingerprint density at radius 3 is 2.75 bits per heavy atom. The molecule has 1 unspecified atom stereocenters. The highest BCUT2D eigenvalue weighted by atomic mass is 16.5. The van der Waals surface area contributed by atoms with Crippen LogP contribution in [0.5, 0.6) is 11.5 Å². The van der Waals surface area contributed by atoms with Gasteiger partial charge in [-0.3, -0.25) is 4.90 Å². The van der Waals surface area contributed by atoms with Gasteiger partial charge >= 0.3 is 0 Å². The van der Waals surface area contributed by atoms with Gasteiger partial charge in [0.1, 0.15) is 11.5 Å². The molecule has 1 N–H and O–H groups in total. The van der Waals surface area contributed by atoms with Crippen LogP contribution in [0, 0.1) is 0 Å². The van der Waals surface area contributed by atoms with Crippen molar-refractivity contribution >= 4 is 0 Å². The zero-order valence-electron chi connectivity index (χ0n) is 12.8. The summed E-state index contributed by atoms with van der Waals surface area (Å²) in [7, 11) is 3.39. The van der Waals surface area contributed by atoms with Gasteiger partial charge in [0.15, 0.2) is 0 Å². The molecule has 1 atom stereocenters. The number of ether oxygens (including phenoxy) is 2. The molecule has 0 bridgehead atoms. The lowest BCUT2D eigenvalue weighted by molar-refractivity contribution is 0.249. The van der Waals surface area contributed by atoms with E-state index in [0.717, 1.165) is 37.7 Å². The van der Waals surface area contributed by atoms with Gasteiger partial charge in [-0.25, -0.2) is 0 Å². The maximum atomic E-state index is 5.48. The molecule has 1 aromatic rings. The van der Waals surface area contributed by atoms with Crippen molar-refractivity contribution in [1.29, 1.82) is 0 Å². The first-order valence-corrected chi connectivity index (χ1v) is 7.43. The second-order valence-corrected chi connectivity index (χ2v) is 5.30. The van der Waals surface area contributed by atoms with Gasteiger partial charge < -0.3 is 14.8 Å². The molecule has 4 nitrogen and oxygen atoms in total. The van der Waals surface area contributed by atoms with E-state index in [0.29, 0.717) is 6.04 Å². The summed E-state index contributed by atoms with van der Waals surface area (Å²) in [6, 6.07) is 6.69. The predicted molar refractivity (Wildman–Crippen MR) is 81.5 cm³/mol. The Morgan fingerprint density at radius 2 is 2.15 bits per heavy atom. The van der Waals surface area contributed by atoms with E-state index in [1.165, 1.54) is 18.4 Å². The fourth-order valence-corrected chi connectivity index (χ4v) is 2.75. The topological polar surface area (TPSA) is 33.7 Å². The number of rotatable bonds is 7. The summed E-state index contributed by atoms with van der Waals surface area (Å²) in [5, 5.41) is 3.56. The lowest BCUT2D eigenvalue weighted by Crippen LogP contribution is -2.37. The largest absolute Gasteiger partial charge is 0.497 e. The summed E-state index contributed by atoms with van der Waals surface area (Å²) in [6.45, 7) is 6.44. The minimum atomic E-state index is 0.638. The Balaban J connectivity index is 2.02. The van der Waals surface area contributed by atoms with Gasteiger partial charge in [0.25, 0.3) is 0 Å². The van der Waals surface area contributed by atoms with Gasteiger partial charge in [0, 0.05) is 30.8 Å². The van der Waals surface area contributed by atoms with Crippen LogP contribution >= 0.6 is 0 Å². The average molecular weight is 278 g/mol. The summed E-state index contributed by atoms with van der Waals surface area (Å²) in [6.07, 6.45) is 2.59. The van der Waals surface area contributed by atoms with E-state index in [4.69, 9.17) is 9.47 Å². The van der Waals surface area contributed by atoms with E-state index in [1.807, 2.05) is 12.1 Å². The molecule has 1 heterocycles. The minimum Gasteiger partial charge on any atom is -0.497 e. The van der Waals surface area contributed by atoms with Crippen LogP contribution in [0.3, 0.4) is 0 Å². The van der Waals surface area contributed by atoms with Crippen molar-refractivity contribution in [3.8, 4) is 11.5 Å². The van der Waals surface area contributed by atoms with Crippen molar-refractivity contribution in [1.82, 2.24) is 10.2 Å². The molecular formula is C16H26N2O2. The highest BCUT2D eigenvalue weighted by molar-refractivity contribution is 5.40. The van der Waals surface area contributed by atoms with Crippen LogP contribution in [0.4, 0.5) is 0 Å². The molecular weight excluding hydrogens is 252 g/mol. The number of likely N-dealkylation sites (N-methyl/N-ethyl adjacent to an activating group) is 1. The summed E-state index contributed by atoms with van der Waals surface area (Å²) in [5.41, 5.74) is 1.22. The molecule has 1 aliphatic heterocycles. The van der Waals surface area contributed by atoms with Gasteiger partial charge in [-0.05, 0) is 32.0 Å². The summed E-state index contributed by atoms with van der Waals surface area (Å²) < 4.78 is 10.7. The molecule has 0 aromatic heterocycles. The number of nitrogens with one attached hydrogen (secondary N) is 1. The first-order chi connectivity index (χ1) is 9.76. The Bertz CT molecular complexity index is 417. The molecule has 1 aromatic carbocycles. The summed E-state index contributed by atoms with van der Waals surface area (Å²) >= 11 is 0. The molecule has 0 aliphatic carbocycles. The third-order valence-electron chi connectivity index (χ3n) is 3.98. The molecule has 20 heavy (non-hydrogen) atoms. The average Bonchev–Trinajstić information content (AvgIpc) is 2.99. The lowest BCUT2D eigenvalue weighted by Gasteiger charge is -2.25. The zero-order chi connectivity index (χ0) is 14.4. The first kappa shape index (κ1) is 15.1. The van der Waals surface area contributed by atoms with E-state index in [-0.39, 0.29) is 0 Å². The second kappa shape index (κ2) is 7.50. The third-order valence-corrected chi connectivity index (χ3v) is 3.98. The van der Waals surface area contributed by atoms with Gasteiger partial charge in [0.05, 0.1) is 14.2 Å². The van der Waals surface area contributed by atoms with E-state index < -0.39 is 0 Å². The van der Waals surface area contributed by atoms with Gasteiger partial charge in [-0.15, -0.1) is 0 Å². The maximum absolute atomic E-state index is 5.48. The predicted octanol–water partition coefficient (Wildman–Crippen LogP) is 2.28. The fourth-order valence-electron chi connectivity index (χ4n) is 2.75. The van der Waals surface area contributed by atoms with Crippen molar-refractivity contribution in [3.05, 3.63) is 23.8 Å². The van der Waals surface area contributed by atoms with Crippen LogP contribution in [0.2, 0.25) is 0 Å². The van der Waals surface area contributed by atoms with Crippen LogP contribution < -0.4 is 14.8 Å². The second-order valence-electron chi connectivity index (χ2n) is 5.30. The molecule has 2 rings (SSSR count). The minimum absolute atomic E-state index is 0.638. The summed E-state index contributed by atoms with van der Waals surface area (Å²) in [5.74, 6) is 1.74. The molecule has 1 saturated heterocycles. The molecule has 0 radical (unpaired) electrons. The highest BCUT2D eigenvalue weighted by Gasteiger charge is 2.18. The van der Waals surface area contributed by atoms with Crippen molar-refractivity contribution in [3.63, 3.8) is 0 Å².